The molecule has 200 valence electrons. The second kappa shape index (κ2) is 21.3. The third-order valence-corrected chi connectivity index (χ3v) is 5.00. The molecule has 0 aliphatic heterocycles. The van der Waals surface area contributed by atoms with Crippen molar-refractivity contribution in [2.75, 3.05) is 13.2 Å². The predicted octanol–water partition coefficient (Wildman–Crippen LogP) is 4.69. The van der Waals surface area contributed by atoms with Crippen LogP contribution in [0.25, 0.3) is 0 Å². The number of rotatable bonds is 20. The minimum absolute atomic E-state index is 0.109. The number of phosphoric acid groups is 1. The molecule has 10 heteroatoms. The summed E-state index contributed by atoms with van der Waals surface area (Å²) in [6.45, 7) is 2.38. The van der Waals surface area contributed by atoms with Crippen molar-refractivity contribution in [1.82, 2.24) is 0 Å². The van der Waals surface area contributed by atoms with Gasteiger partial charge < -0.3 is 24.4 Å². The third kappa shape index (κ3) is 24.9. The van der Waals surface area contributed by atoms with Crippen LogP contribution in [0.3, 0.4) is 0 Å². The van der Waals surface area contributed by atoms with Crippen molar-refractivity contribution in [3.05, 3.63) is 48.6 Å². The smallest absolute Gasteiger partial charge is 0.462 e. The van der Waals surface area contributed by atoms with Crippen molar-refractivity contribution < 1.29 is 43.0 Å². The first kappa shape index (κ1) is 33.0. The second-order valence-electron chi connectivity index (χ2n) is 7.88. The van der Waals surface area contributed by atoms with Crippen LogP contribution < -0.4 is 0 Å². The summed E-state index contributed by atoms with van der Waals surface area (Å²) in [4.78, 5) is 40.4. The molecule has 0 spiro atoms. The molecule has 9 nitrogen and oxygen atoms in total. The number of hydrogen-bond donors (Lipinski definition) is 3. The van der Waals surface area contributed by atoms with E-state index in [4.69, 9.17) is 19.3 Å². The minimum Gasteiger partial charge on any atom is -0.462 e. The topological polar surface area (TPSA) is 140 Å². The van der Waals surface area contributed by atoms with Crippen molar-refractivity contribution in [2.45, 2.75) is 83.8 Å². The fourth-order valence-corrected chi connectivity index (χ4v) is 3.09. The highest BCUT2D eigenvalue weighted by Gasteiger charge is 2.22. The fraction of sp³-hybridized carbons (Fsp3) is 0.600. The van der Waals surface area contributed by atoms with Crippen LogP contribution in [-0.2, 0) is 28.2 Å². The van der Waals surface area contributed by atoms with Crippen LogP contribution in [0, 0.1) is 0 Å². The first-order chi connectivity index (χ1) is 16.6. The van der Waals surface area contributed by atoms with Crippen molar-refractivity contribution >= 4 is 19.8 Å². The van der Waals surface area contributed by atoms with Crippen LogP contribution in [0.2, 0.25) is 0 Å². The van der Waals surface area contributed by atoms with E-state index in [1.165, 1.54) is 6.92 Å². The molecular formula is C25H41O9P. The van der Waals surface area contributed by atoms with Gasteiger partial charge in [-0.15, -0.1) is 0 Å². The number of esters is 2. The number of carbonyl (C=O) groups is 2. The fourth-order valence-electron chi connectivity index (χ4n) is 2.73. The first-order valence-corrected chi connectivity index (χ1v) is 13.5. The van der Waals surface area contributed by atoms with Crippen LogP contribution in [0.15, 0.2) is 48.6 Å². The monoisotopic (exact) mass is 516 g/mol. The van der Waals surface area contributed by atoms with Crippen LogP contribution in [0.4, 0.5) is 0 Å². The Hall–Kier alpha value is -2.03. The van der Waals surface area contributed by atoms with Gasteiger partial charge in [-0.25, -0.2) is 4.57 Å². The molecule has 0 aliphatic carbocycles. The number of hydrogen-bond acceptors (Lipinski definition) is 7. The van der Waals surface area contributed by atoms with Crippen molar-refractivity contribution in [3.63, 3.8) is 0 Å². The Balaban J connectivity index is 4.01. The highest BCUT2D eigenvalue weighted by Crippen LogP contribution is 2.35. The molecule has 0 aromatic heterocycles. The molecule has 0 aliphatic rings. The SMILES string of the molecule is CCCCC[C@H](O)/C=C/C=C\C/C=C\C/C=C\CCCC(=O)O[C@H](COC(C)=O)COP(=O)(O)O. The molecule has 0 saturated carbocycles. The maximum atomic E-state index is 11.9. The summed E-state index contributed by atoms with van der Waals surface area (Å²) >= 11 is 0. The summed E-state index contributed by atoms with van der Waals surface area (Å²) < 4.78 is 25.0. The standard InChI is InChI=1S/C25H41O9P/c1-3-4-14-17-23(27)18-15-12-10-8-6-5-7-9-11-13-16-19-25(28)34-24(20-32-22(2)26)21-33-35(29,30)31/h5-6,9-12,15,18,23-24,27H,3-4,7-8,13-14,16-17,19-21H2,1-2H3,(H2,29,30,31)/b6-5-,11-9-,12-10-,18-15+/t23-,24+/m0/s1. The molecule has 0 bridgehead atoms. The number of aliphatic hydroxyl groups excluding tert-OH is 1. The van der Waals surface area contributed by atoms with E-state index < -0.39 is 32.5 Å². The Morgan fingerprint density at radius 3 is 2.29 bits per heavy atom. The molecule has 2 atom stereocenters. The van der Waals surface area contributed by atoms with E-state index in [2.05, 4.69) is 11.4 Å². The van der Waals surface area contributed by atoms with Gasteiger partial charge in [-0.1, -0.05) is 74.8 Å². The third-order valence-electron chi connectivity index (χ3n) is 4.51. The first-order valence-electron chi connectivity index (χ1n) is 12.0. The van der Waals surface area contributed by atoms with Gasteiger partial charge in [0, 0.05) is 13.3 Å². The van der Waals surface area contributed by atoms with Crippen LogP contribution in [-0.4, -0.2) is 52.3 Å². The average molecular weight is 517 g/mol. The second-order valence-corrected chi connectivity index (χ2v) is 9.12. The van der Waals surface area contributed by atoms with E-state index in [0.29, 0.717) is 12.8 Å². The predicted molar refractivity (Wildman–Crippen MR) is 134 cm³/mol. The zero-order chi connectivity index (χ0) is 26.4. The maximum Gasteiger partial charge on any atom is 0.469 e. The summed E-state index contributed by atoms with van der Waals surface area (Å²) in [6, 6.07) is 0. The van der Waals surface area contributed by atoms with Crippen LogP contribution >= 0.6 is 7.82 Å². The molecule has 0 aromatic rings. The zero-order valence-electron chi connectivity index (χ0n) is 20.8. The molecule has 0 rings (SSSR count). The molecule has 3 N–H and O–H groups in total. The lowest BCUT2D eigenvalue weighted by Crippen LogP contribution is -2.29. The maximum absolute atomic E-state index is 11.9. The van der Waals surface area contributed by atoms with Gasteiger partial charge in [0.15, 0.2) is 6.10 Å². The van der Waals surface area contributed by atoms with Gasteiger partial charge in [-0.2, -0.15) is 0 Å². The molecule has 0 fully saturated rings. The van der Waals surface area contributed by atoms with Gasteiger partial charge in [0.25, 0.3) is 0 Å². The van der Waals surface area contributed by atoms with E-state index in [-0.39, 0.29) is 19.1 Å². The number of aliphatic hydroxyl groups is 1. The lowest BCUT2D eigenvalue weighted by Gasteiger charge is -2.17. The molecule has 0 amide bonds. The number of phosphoric ester groups is 1. The largest absolute Gasteiger partial charge is 0.469 e. The highest BCUT2D eigenvalue weighted by molar-refractivity contribution is 7.46. The quantitative estimate of drug-likeness (QED) is 0.0691. The summed E-state index contributed by atoms with van der Waals surface area (Å²) in [7, 11) is -4.73. The Kier molecular flexibility index (Phi) is 20.0. The van der Waals surface area contributed by atoms with Crippen molar-refractivity contribution in [2.24, 2.45) is 0 Å². The van der Waals surface area contributed by atoms with Gasteiger partial charge in [0.1, 0.15) is 6.61 Å². The van der Waals surface area contributed by atoms with Crippen LogP contribution in [0.1, 0.15) is 71.6 Å². The van der Waals surface area contributed by atoms with Crippen LogP contribution in [0.5, 0.6) is 0 Å². The van der Waals surface area contributed by atoms with E-state index in [0.717, 1.165) is 38.5 Å². The van der Waals surface area contributed by atoms with Gasteiger partial charge in [0.2, 0.25) is 0 Å². The summed E-state index contributed by atoms with van der Waals surface area (Å²) in [5.41, 5.74) is 0. The zero-order valence-corrected chi connectivity index (χ0v) is 21.7. The molecular weight excluding hydrogens is 475 g/mol. The van der Waals surface area contributed by atoms with Gasteiger partial charge in [0.05, 0.1) is 12.7 Å². The summed E-state index contributed by atoms with van der Waals surface area (Å²) in [5, 5.41) is 9.78. The number of ether oxygens (including phenoxy) is 2. The normalized spacial score (nSPS) is 14.3. The van der Waals surface area contributed by atoms with Crippen molar-refractivity contribution in [1.29, 1.82) is 0 Å². The summed E-state index contributed by atoms with van der Waals surface area (Å²) in [5.74, 6) is -1.18. The number of carbonyl (C=O) groups excluding carboxylic acids is 2. The Morgan fingerprint density at radius 1 is 0.943 bits per heavy atom. The van der Waals surface area contributed by atoms with Gasteiger partial charge in [-0.3, -0.25) is 14.1 Å². The minimum atomic E-state index is -4.73. The number of unbranched alkanes of at least 4 members (excludes halogenated alkanes) is 3. The molecule has 0 saturated heterocycles. The van der Waals surface area contributed by atoms with Gasteiger partial charge in [-0.05, 0) is 32.1 Å². The molecule has 35 heavy (non-hydrogen) atoms. The van der Waals surface area contributed by atoms with E-state index in [9.17, 15) is 19.3 Å². The van der Waals surface area contributed by atoms with E-state index in [1.54, 1.807) is 0 Å². The average Bonchev–Trinajstić information content (AvgIpc) is 2.78. The highest BCUT2D eigenvalue weighted by atomic mass is 31.2. The lowest BCUT2D eigenvalue weighted by molar-refractivity contribution is -0.160. The Bertz CT molecular complexity index is 737. The lowest BCUT2D eigenvalue weighted by atomic mass is 10.1. The molecule has 0 aromatic carbocycles. The van der Waals surface area contributed by atoms with E-state index in [1.807, 2.05) is 48.6 Å². The van der Waals surface area contributed by atoms with E-state index >= 15 is 0 Å². The molecule has 0 radical (unpaired) electrons. The molecule has 0 unspecified atom stereocenters. The Labute approximate surface area is 208 Å². The summed E-state index contributed by atoms with van der Waals surface area (Å²) in [6.07, 6.45) is 21.2. The van der Waals surface area contributed by atoms with Crippen molar-refractivity contribution in [3.8, 4) is 0 Å². The number of allylic oxidation sites excluding steroid dienone is 7. The molecule has 0 heterocycles. The van der Waals surface area contributed by atoms with Gasteiger partial charge >= 0.3 is 19.8 Å². The Morgan fingerprint density at radius 2 is 1.63 bits per heavy atom.